The van der Waals surface area contributed by atoms with E-state index in [1.54, 1.807) is 12.1 Å². The van der Waals surface area contributed by atoms with Crippen LogP contribution in [0.25, 0.3) is 0 Å². The molecule has 1 aliphatic carbocycles. The molecule has 2 atom stereocenters. The average molecular weight is 208 g/mol. The summed E-state index contributed by atoms with van der Waals surface area (Å²) in [6, 6.07) is 7.26. The number of benzene rings is 1. The molecule has 1 saturated carbocycles. The Hall–Kier alpha value is -1.09. The second kappa shape index (κ2) is 4.19. The van der Waals surface area contributed by atoms with E-state index in [2.05, 4.69) is 4.90 Å². The van der Waals surface area contributed by atoms with Crippen molar-refractivity contribution in [1.29, 1.82) is 0 Å². The van der Waals surface area contributed by atoms with Gasteiger partial charge in [-0.25, -0.2) is 4.39 Å². The largest absolute Gasteiger partial charge is 0.370 e. The van der Waals surface area contributed by atoms with Crippen molar-refractivity contribution < 1.29 is 4.39 Å². The fourth-order valence-electron chi connectivity index (χ4n) is 2.34. The Balaban J connectivity index is 2.16. The maximum Gasteiger partial charge on any atom is 0.125 e. The number of nitrogens with zero attached hydrogens (tertiary/aromatic N) is 1. The Morgan fingerprint density at radius 3 is 2.80 bits per heavy atom. The minimum absolute atomic E-state index is 0.189. The molecule has 0 aromatic heterocycles. The summed E-state index contributed by atoms with van der Waals surface area (Å²) in [6.45, 7) is 0. The highest BCUT2D eigenvalue weighted by Crippen LogP contribution is 2.26. The molecule has 0 spiro atoms. The van der Waals surface area contributed by atoms with Gasteiger partial charge in [-0.1, -0.05) is 6.07 Å². The first kappa shape index (κ1) is 10.4. The Bertz CT molecular complexity index is 340. The van der Waals surface area contributed by atoms with E-state index < -0.39 is 0 Å². The minimum atomic E-state index is -0.189. The molecule has 0 amide bonds. The summed E-state index contributed by atoms with van der Waals surface area (Å²) >= 11 is 0. The molecule has 2 unspecified atom stereocenters. The van der Waals surface area contributed by atoms with E-state index in [1.165, 1.54) is 12.5 Å². The summed E-state index contributed by atoms with van der Waals surface area (Å²) < 4.78 is 13.1. The van der Waals surface area contributed by atoms with Gasteiger partial charge >= 0.3 is 0 Å². The van der Waals surface area contributed by atoms with Gasteiger partial charge in [0.15, 0.2) is 0 Å². The van der Waals surface area contributed by atoms with Crippen LogP contribution in [-0.4, -0.2) is 19.1 Å². The van der Waals surface area contributed by atoms with Crippen molar-refractivity contribution in [2.45, 2.75) is 31.3 Å². The van der Waals surface area contributed by atoms with Crippen LogP contribution < -0.4 is 10.6 Å². The summed E-state index contributed by atoms with van der Waals surface area (Å²) in [4.78, 5) is 2.10. The Labute approximate surface area is 89.9 Å². The van der Waals surface area contributed by atoms with E-state index in [1.807, 2.05) is 13.1 Å². The van der Waals surface area contributed by atoms with Gasteiger partial charge in [-0.2, -0.15) is 0 Å². The zero-order valence-corrected chi connectivity index (χ0v) is 8.99. The Kier molecular flexibility index (Phi) is 2.91. The normalized spacial score (nSPS) is 25.5. The quantitative estimate of drug-likeness (QED) is 0.806. The highest BCUT2D eigenvalue weighted by Gasteiger charge is 2.27. The predicted octanol–water partition coefficient (Wildman–Crippen LogP) is 2.14. The van der Waals surface area contributed by atoms with Crippen molar-refractivity contribution in [3.63, 3.8) is 0 Å². The molecule has 82 valence electrons. The van der Waals surface area contributed by atoms with E-state index in [-0.39, 0.29) is 11.9 Å². The van der Waals surface area contributed by atoms with Crippen LogP contribution >= 0.6 is 0 Å². The van der Waals surface area contributed by atoms with Gasteiger partial charge in [0.1, 0.15) is 5.82 Å². The van der Waals surface area contributed by atoms with Gasteiger partial charge < -0.3 is 10.6 Å². The molecular weight excluding hydrogens is 191 g/mol. The summed E-state index contributed by atoms with van der Waals surface area (Å²) in [5.41, 5.74) is 6.93. The van der Waals surface area contributed by atoms with E-state index >= 15 is 0 Å². The summed E-state index contributed by atoms with van der Waals surface area (Å²) in [7, 11) is 1.99. The molecule has 2 rings (SSSR count). The van der Waals surface area contributed by atoms with Crippen LogP contribution in [0.1, 0.15) is 19.3 Å². The lowest BCUT2D eigenvalue weighted by Gasteiger charge is -2.29. The van der Waals surface area contributed by atoms with E-state index in [9.17, 15) is 4.39 Å². The third-order valence-corrected chi connectivity index (χ3v) is 3.24. The topological polar surface area (TPSA) is 29.3 Å². The molecular formula is C12H17FN2. The smallest absolute Gasteiger partial charge is 0.125 e. The molecule has 1 aliphatic rings. The van der Waals surface area contributed by atoms with Crippen LogP contribution in [-0.2, 0) is 0 Å². The first-order valence-electron chi connectivity index (χ1n) is 5.42. The minimum Gasteiger partial charge on any atom is -0.370 e. The second-order valence-electron chi connectivity index (χ2n) is 4.25. The molecule has 1 aromatic rings. The van der Waals surface area contributed by atoms with Crippen molar-refractivity contribution in [1.82, 2.24) is 0 Å². The molecule has 0 radical (unpaired) electrons. The maximum atomic E-state index is 13.1. The fraction of sp³-hybridized carbons (Fsp3) is 0.500. The van der Waals surface area contributed by atoms with Crippen LogP contribution in [0.15, 0.2) is 24.3 Å². The number of likely N-dealkylation sites (N-methyl/N-ethyl adjacent to an activating group) is 1. The van der Waals surface area contributed by atoms with Gasteiger partial charge in [-0.3, -0.25) is 0 Å². The van der Waals surface area contributed by atoms with Gasteiger partial charge in [-0.15, -0.1) is 0 Å². The van der Waals surface area contributed by atoms with Crippen molar-refractivity contribution in [3.05, 3.63) is 30.1 Å². The van der Waals surface area contributed by atoms with E-state index in [0.717, 1.165) is 18.5 Å². The molecule has 2 N–H and O–H groups in total. The highest BCUT2D eigenvalue weighted by molar-refractivity contribution is 5.47. The van der Waals surface area contributed by atoms with Gasteiger partial charge in [0.25, 0.3) is 0 Å². The molecule has 3 heteroatoms. The number of halogens is 1. The van der Waals surface area contributed by atoms with Crippen LogP contribution in [0.2, 0.25) is 0 Å². The SMILES string of the molecule is CN(c1cccc(F)c1)C1CCCC1N. The van der Waals surface area contributed by atoms with Crippen LogP contribution in [0.3, 0.4) is 0 Å². The zero-order chi connectivity index (χ0) is 10.8. The summed E-state index contributed by atoms with van der Waals surface area (Å²) in [6.07, 6.45) is 3.35. The van der Waals surface area contributed by atoms with Gasteiger partial charge in [-0.05, 0) is 37.5 Å². The standard InChI is InChI=1S/C12H17FN2/c1-15(12-7-3-6-11(12)14)10-5-2-4-9(13)8-10/h2,4-5,8,11-12H,3,6-7,14H2,1H3. The summed E-state index contributed by atoms with van der Waals surface area (Å²) in [5, 5.41) is 0. The molecule has 0 heterocycles. The number of rotatable bonds is 2. The van der Waals surface area contributed by atoms with Crippen LogP contribution in [0.4, 0.5) is 10.1 Å². The lowest BCUT2D eigenvalue weighted by molar-refractivity contribution is 0.569. The molecule has 0 bridgehead atoms. The van der Waals surface area contributed by atoms with Crippen molar-refractivity contribution >= 4 is 5.69 Å². The third kappa shape index (κ3) is 2.12. The third-order valence-electron chi connectivity index (χ3n) is 3.24. The monoisotopic (exact) mass is 208 g/mol. The lowest BCUT2D eigenvalue weighted by Crippen LogP contribution is -2.42. The lowest BCUT2D eigenvalue weighted by atomic mass is 10.1. The van der Waals surface area contributed by atoms with Crippen molar-refractivity contribution in [2.75, 3.05) is 11.9 Å². The van der Waals surface area contributed by atoms with Crippen molar-refractivity contribution in [3.8, 4) is 0 Å². The van der Waals surface area contributed by atoms with E-state index in [0.29, 0.717) is 6.04 Å². The zero-order valence-electron chi connectivity index (χ0n) is 8.99. The molecule has 2 nitrogen and oxygen atoms in total. The maximum absolute atomic E-state index is 13.1. The average Bonchev–Trinajstić information content (AvgIpc) is 2.63. The number of hydrogen-bond donors (Lipinski definition) is 1. The molecule has 15 heavy (non-hydrogen) atoms. The Morgan fingerprint density at radius 2 is 2.20 bits per heavy atom. The number of anilines is 1. The predicted molar refractivity (Wildman–Crippen MR) is 60.4 cm³/mol. The van der Waals surface area contributed by atoms with Crippen LogP contribution in [0, 0.1) is 5.82 Å². The van der Waals surface area contributed by atoms with E-state index in [4.69, 9.17) is 5.73 Å². The van der Waals surface area contributed by atoms with Gasteiger partial charge in [0.05, 0.1) is 0 Å². The molecule has 0 aliphatic heterocycles. The molecule has 1 fully saturated rings. The first-order chi connectivity index (χ1) is 7.18. The fourth-order valence-corrected chi connectivity index (χ4v) is 2.34. The van der Waals surface area contributed by atoms with Crippen molar-refractivity contribution in [2.24, 2.45) is 5.73 Å². The Morgan fingerprint density at radius 1 is 1.40 bits per heavy atom. The summed E-state index contributed by atoms with van der Waals surface area (Å²) in [5.74, 6) is -0.189. The molecule has 0 saturated heterocycles. The second-order valence-corrected chi connectivity index (χ2v) is 4.25. The van der Waals surface area contributed by atoms with Gasteiger partial charge in [0.2, 0.25) is 0 Å². The molecule has 1 aromatic carbocycles. The highest BCUT2D eigenvalue weighted by atomic mass is 19.1. The number of hydrogen-bond acceptors (Lipinski definition) is 2. The van der Waals surface area contributed by atoms with Gasteiger partial charge in [0, 0.05) is 24.8 Å². The first-order valence-corrected chi connectivity index (χ1v) is 5.42. The van der Waals surface area contributed by atoms with Crippen LogP contribution in [0.5, 0.6) is 0 Å². The number of nitrogens with two attached hydrogens (primary N) is 1.